The lowest BCUT2D eigenvalue weighted by Gasteiger charge is -2.24. The molecule has 4 aromatic rings. The smallest absolute Gasteiger partial charge is 0.255 e. The van der Waals surface area contributed by atoms with Crippen LogP contribution >= 0.6 is 0 Å². The Morgan fingerprint density at radius 1 is 0.970 bits per heavy atom. The summed E-state index contributed by atoms with van der Waals surface area (Å²) in [5, 5.41) is 7.75. The average molecular weight is 441 g/mol. The Morgan fingerprint density at radius 2 is 1.70 bits per heavy atom. The molecule has 166 valence electrons. The lowest BCUT2D eigenvalue weighted by atomic mass is 10.0. The molecule has 1 atom stereocenters. The van der Waals surface area contributed by atoms with Crippen molar-refractivity contribution in [3.05, 3.63) is 102 Å². The van der Waals surface area contributed by atoms with E-state index >= 15 is 0 Å². The summed E-state index contributed by atoms with van der Waals surface area (Å²) in [6, 6.07) is 24.9. The summed E-state index contributed by atoms with van der Waals surface area (Å²) in [6.07, 6.45) is 3.56. The Morgan fingerprint density at radius 3 is 2.45 bits per heavy atom. The number of hydrogen-bond donors (Lipinski definition) is 1. The Hall–Kier alpha value is -3.81. The summed E-state index contributed by atoms with van der Waals surface area (Å²) in [4.78, 5) is 17.8. The maximum Gasteiger partial charge on any atom is 0.255 e. The second-order valence-corrected chi connectivity index (χ2v) is 7.77. The molecule has 33 heavy (non-hydrogen) atoms. The van der Waals surface area contributed by atoms with E-state index in [9.17, 15) is 4.79 Å². The van der Waals surface area contributed by atoms with Gasteiger partial charge in [-0.1, -0.05) is 60.7 Å². The van der Waals surface area contributed by atoms with Gasteiger partial charge in [0.2, 0.25) is 0 Å². The molecule has 1 aliphatic heterocycles. The van der Waals surface area contributed by atoms with Crippen molar-refractivity contribution in [2.75, 3.05) is 13.2 Å². The van der Waals surface area contributed by atoms with E-state index in [1.165, 1.54) is 0 Å². The average Bonchev–Trinajstić information content (AvgIpc) is 3.58. The molecular formula is C26H24N4O3. The van der Waals surface area contributed by atoms with E-state index in [-0.39, 0.29) is 11.9 Å². The van der Waals surface area contributed by atoms with E-state index in [0.29, 0.717) is 31.0 Å². The molecule has 0 aliphatic carbocycles. The zero-order valence-corrected chi connectivity index (χ0v) is 18.0. The molecule has 1 fully saturated rings. The summed E-state index contributed by atoms with van der Waals surface area (Å²) < 4.78 is 13.1. The van der Waals surface area contributed by atoms with Crippen LogP contribution in [-0.4, -0.2) is 46.2 Å². The van der Waals surface area contributed by atoms with Crippen LogP contribution in [0.15, 0.2) is 91.3 Å². The minimum atomic E-state index is -0.497. The minimum absolute atomic E-state index is 0.255. The standard InChI is InChI=1S/C26H24N4O3/c31-25(28-23(26-32-16-17-33-26)18-19-8-3-1-4-9-19)21-12-7-14-27-24(21)30-15-13-22(29-30)20-10-5-2-6-11-20/h1-15,23,26H,16-18H2,(H,28,31)/t23-/m0/s1. The summed E-state index contributed by atoms with van der Waals surface area (Å²) in [5.41, 5.74) is 3.32. The topological polar surface area (TPSA) is 78.3 Å². The first-order valence-corrected chi connectivity index (χ1v) is 10.9. The molecule has 1 amide bonds. The molecular weight excluding hydrogens is 416 g/mol. The number of benzene rings is 2. The molecule has 0 unspecified atom stereocenters. The van der Waals surface area contributed by atoms with Gasteiger partial charge in [-0.15, -0.1) is 0 Å². The zero-order valence-electron chi connectivity index (χ0n) is 18.0. The molecule has 1 saturated heterocycles. The quantitative estimate of drug-likeness (QED) is 0.475. The molecule has 3 heterocycles. The van der Waals surface area contributed by atoms with Gasteiger partial charge in [-0.05, 0) is 30.2 Å². The highest BCUT2D eigenvalue weighted by Crippen LogP contribution is 2.20. The van der Waals surface area contributed by atoms with Crippen LogP contribution in [0.1, 0.15) is 15.9 Å². The Balaban J connectivity index is 1.40. The van der Waals surface area contributed by atoms with Gasteiger partial charge in [0.15, 0.2) is 12.1 Å². The number of nitrogens with zero attached hydrogens (tertiary/aromatic N) is 3. The monoisotopic (exact) mass is 440 g/mol. The van der Waals surface area contributed by atoms with Gasteiger partial charge in [0.25, 0.3) is 5.91 Å². The number of amides is 1. The number of hydrogen-bond acceptors (Lipinski definition) is 5. The number of carbonyl (C=O) groups excluding carboxylic acids is 1. The van der Waals surface area contributed by atoms with Gasteiger partial charge in [-0.3, -0.25) is 4.79 Å². The molecule has 0 saturated carbocycles. The van der Waals surface area contributed by atoms with Crippen LogP contribution < -0.4 is 5.32 Å². The lowest BCUT2D eigenvalue weighted by molar-refractivity contribution is -0.0652. The predicted octanol–water partition coefficient (Wildman–Crippen LogP) is 3.65. The van der Waals surface area contributed by atoms with Gasteiger partial charge in [0, 0.05) is 18.0 Å². The maximum atomic E-state index is 13.4. The third kappa shape index (κ3) is 4.84. The number of pyridine rings is 1. The van der Waals surface area contributed by atoms with Gasteiger partial charge in [-0.25, -0.2) is 9.67 Å². The number of ether oxygens (including phenoxy) is 2. The van der Waals surface area contributed by atoms with Crippen LogP contribution in [-0.2, 0) is 15.9 Å². The zero-order chi connectivity index (χ0) is 22.5. The molecule has 7 nitrogen and oxygen atoms in total. The largest absolute Gasteiger partial charge is 0.348 e. The normalized spacial score (nSPS) is 14.8. The second kappa shape index (κ2) is 9.77. The van der Waals surface area contributed by atoms with Gasteiger partial charge < -0.3 is 14.8 Å². The van der Waals surface area contributed by atoms with Gasteiger partial charge in [-0.2, -0.15) is 5.10 Å². The van der Waals surface area contributed by atoms with Gasteiger partial charge in [0.05, 0.1) is 30.5 Å². The van der Waals surface area contributed by atoms with Gasteiger partial charge >= 0.3 is 0 Å². The minimum Gasteiger partial charge on any atom is -0.348 e. The Bertz CT molecular complexity index is 1200. The van der Waals surface area contributed by atoms with Crippen LogP contribution in [0.5, 0.6) is 0 Å². The number of carbonyl (C=O) groups is 1. The molecule has 2 aromatic heterocycles. The summed E-state index contributed by atoms with van der Waals surface area (Å²) >= 11 is 0. The molecule has 2 aromatic carbocycles. The summed E-state index contributed by atoms with van der Waals surface area (Å²) in [5.74, 6) is 0.207. The van der Waals surface area contributed by atoms with Crippen LogP contribution in [0.4, 0.5) is 0 Å². The van der Waals surface area contributed by atoms with E-state index in [2.05, 4.69) is 15.4 Å². The van der Waals surface area contributed by atoms with E-state index in [0.717, 1.165) is 16.8 Å². The Kier molecular flexibility index (Phi) is 6.23. The second-order valence-electron chi connectivity index (χ2n) is 7.77. The highest BCUT2D eigenvalue weighted by molar-refractivity contribution is 5.97. The number of rotatable bonds is 7. The van der Waals surface area contributed by atoms with Crippen molar-refractivity contribution in [2.24, 2.45) is 0 Å². The van der Waals surface area contributed by atoms with E-state index in [1.807, 2.05) is 72.9 Å². The van der Waals surface area contributed by atoms with Crippen LogP contribution in [0.3, 0.4) is 0 Å². The number of aromatic nitrogens is 3. The highest BCUT2D eigenvalue weighted by Gasteiger charge is 2.29. The van der Waals surface area contributed by atoms with Gasteiger partial charge in [0.1, 0.15) is 0 Å². The van der Waals surface area contributed by atoms with Crippen molar-refractivity contribution in [3.63, 3.8) is 0 Å². The molecule has 1 N–H and O–H groups in total. The van der Waals surface area contributed by atoms with Crippen molar-refractivity contribution in [2.45, 2.75) is 18.8 Å². The van der Waals surface area contributed by atoms with Crippen molar-refractivity contribution < 1.29 is 14.3 Å². The van der Waals surface area contributed by atoms with E-state index in [4.69, 9.17) is 9.47 Å². The first-order valence-electron chi connectivity index (χ1n) is 10.9. The van der Waals surface area contributed by atoms with Crippen molar-refractivity contribution in [3.8, 4) is 17.1 Å². The molecule has 0 radical (unpaired) electrons. The Labute approximate surface area is 192 Å². The first-order chi connectivity index (χ1) is 16.3. The van der Waals surface area contributed by atoms with Crippen LogP contribution in [0.25, 0.3) is 17.1 Å². The summed E-state index contributed by atoms with van der Waals surface area (Å²) in [6.45, 7) is 1.03. The molecule has 7 heteroatoms. The maximum absolute atomic E-state index is 13.4. The first kappa shape index (κ1) is 21.1. The molecule has 1 aliphatic rings. The number of nitrogens with one attached hydrogen (secondary N) is 1. The fraction of sp³-hybridized carbons (Fsp3) is 0.192. The van der Waals surface area contributed by atoms with Crippen molar-refractivity contribution in [1.29, 1.82) is 0 Å². The molecule has 5 rings (SSSR count). The van der Waals surface area contributed by atoms with Crippen molar-refractivity contribution >= 4 is 5.91 Å². The van der Waals surface area contributed by atoms with E-state index < -0.39 is 6.29 Å². The third-order valence-corrected chi connectivity index (χ3v) is 5.50. The third-order valence-electron chi connectivity index (χ3n) is 5.50. The van der Waals surface area contributed by atoms with Crippen LogP contribution in [0.2, 0.25) is 0 Å². The summed E-state index contributed by atoms with van der Waals surface area (Å²) in [7, 11) is 0. The van der Waals surface area contributed by atoms with Crippen molar-refractivity contribution in [1.82, 2.24) is 20.1 Å². The van der Waals surface area contributed by atoms with Crippen LogP contribution in [0, 0.1) is 0 Å². The molecule has 0 spiro atoms. The predicted molar refractivity (Wildman–Crippen MR) is 124 cm³/mol. The molecule has 0 bridgehead atoms. The fourth-order valence-electron chi connectivity index (χ4n) is 3.90. The lowest BCUT2D eigenvalue weighted by Crippen LogP contribution is -2.45. The fourth-order valence-corrected chi connectivity index (χ4v) is 3.90. The van der Waals surface area contributed by atoms with E-state index in [1.54, 1.807) is 23.0 Å². The SMILES string of the molecule is O=C(N[C@@H](Cc1ccccc1)C1OCCO1)c1cccnc1-n1ccc(-c2ccccc2)n1. The highest BCUT2D eigenvalue weighted by atomic mass is 16.7.